The van der Waals surface area contributed by atoms with Gasteiger partial charge in [0.1, 0.15) is 23.5 Å². The molecule has 0 bridgehead atoms. The molecule has 2 aromatic rings. The number of halogens is 6. The summed E-state index contributed by atoms with van der Waals surface area (Å²) >= 11 is 7.48. The number of alkyl halides is 4. The molecule has 0 saturated carbocycles. The zero-order valence-corrected chi connectivity index (χ0v) is 22.8. The lowest BCUT2D eigenvalue weighted by atomic mass is 9.85. The fraction of sp³-hybridized carbons (Fsp3) is 0.286. The van der Waals surface area contributed by atoms with Gasteiger partial charge in [-0.25, -0.2) is 22.0 Å². The third-order valence-electron chi connectivity index (χ3n) is 7.11. The minimum absolute atomic E-state index is 0.0679. The van der Waals surface area contributed by atoms with Crippen LogP contribution in [0.5, 0.6) is 0 Å². The van der Waals surface area contributed by atoms with Crippen molar-refractivity contribution in [2.45, 2.75) is 36.9 Å². The molecule has 5 rings (SSSR count). The molecule has 40 heavy (non-hydrogen) atoms. The number of anilines is 2. The number of nitrogen functional groups attached to an aromatic ring is 1. The van der Waals surface area contributed by atoms with Crippen LogP contribution in [0.4, 0.5) is 33.3 Å². The second-order valence-electron chi connectivity index (χ2n) is 9.65. The summed E-state index contributed by atoms with van der Waals surface area (Å²) in [6, 6.07) is 0.952. The first kappa shape index (κ1) is 28.1. The van der Waals surface area contributed by atoms with Crippen LogP contribution in [-0.2, 0) is 0 Å². The minimum atomic E-state index is -2.68. The van der Waals surface area contributed by atoms with E-state index in [1.165, 1.54) is 31.4 Å². The van der Waals surface area contributed by atoms with Crippen molar-refractivity contribution in [3.63, 3.8) is 0 Å². The van der Waals surface area contributed by atoms with E-state index in [9.17, 15) is 22.0 Å². The first-order valence-corrected chi connectivity index (χ1v) is 13.5. The fourth-order valence-corrected chi connectivity index (χ4v) is 6.45. The van der Waals surface area contributed by atoms with Crippen molar-refractivity contribution in [3.8, 4) is 0 Å². The van der Waals surface area contributed by atoms with E-state index in [0.717, 1.165) is 11.5 Å². The van der Waals surface area contributed by atoms with Crippen molar-refractivity contribution in [2.75, 3.05) is 18.1 Å². The van der Waals surface area contributed by atoms with Gasteiger partial charge in [-0.3, -0.25) is 4.99 Å². The van der Waals surface area contributed by atoms with E-state index in [4.69, 9.17) is 17.3 Å². The summed E-state index contributed by atoms with van der Waals surface area (Å²) in [6.45, 7) is 8.12. The van der Waals surface area contributed by atoms with Crippen LogP contribution in [0.25, 0.3) is 17.5 Å². The van der Waals surface area contributed by atoms with E-state index < -0.39 is 48.0 Å². The van der Waals surface area contributed by atoms with Crippen LogP contribution in [0.3, 0.4) is 0 Å². The molecule has 2 heterocycles. The first-order valence-electron chi connectivity index (χ1n) is 12.3. The number of benzene rings is 1. The van der Waals surface area contributed by atoms with Gasteiger partial charge in [-0.2, -0.15) is 4.37 Å². The van der Waals surface area contributed by atoms with Gasteiger partial charge in [0.25, 0.3) is 0 Å². The Labute approximate surface area is 236 Å². The molecule has 12 heteroatoms. The van der Waals surface area contributed by atoms with E-state index in [1.54, 1.807) is 6.07 Å². The lowest BCUT2D eigenvalue weighted by molar-refractivity contribution is 0.157. The van der Waals surface area contributed by atoms with Gasteiger partial charge in [-0.15, -0.1) is 11.6 Å². The summed E-state index contributed by atoms with van der Waals surface area (Å²) in [7, 11) is 1.39. The maximum atomic E-state index is 14.5. The van der Waals surface area contributed by atoms with Crippen LogP contribution < -0.4 is 16.4 Å². The number of allylic oxidation sites excluding steroid dienone is 4. The molecule has 0 fully saturated rings. The Morgan fingerprint density at radius 2 is 2.12 bits per heavy atom. The Kier molecular flexibility index (Phi) is 7.62. The molecule has 0 spiro atoms. The molecule has 3 aliphatic rings. The number of hydrogen-bond acceptors (Lipinski definition) is 6. The van der Waals surface area contributed by atoms with Crippen LogP contribution in [0, 0.1) is 5.92 Å². The van der Waals surface area contributed by atoms with Gasteiger partial charge in [0, 0.05) is 58.7 Å². The second kappa shape index (κ2) is 10.9. The van der Waals surface area contributed by atoms with Gasteiger partial charge in [0.15, 0.2) is 0 Å². The van der Waals surface area contributed by atoms with Gasteiger partial charge >= 0.3 is 0 Å². The van der Waals surface area contributed by atoms with Gasteiger partial charge in [0.2, 0.25) is 6.43 Å². The van der Waals surface area contributed by atoms with E-state index >= 15 is 0 Å². The Hall–Kier alpha value is -3.44. The Bertz CT molecular complexity index is 1530. The number of hydrogen-bond donors (Lipinski definition) is 3. The van der Waals surface area contributed by atoms with Crippen molar-refractivity contribution in [1.82, 2.24) is 9.69 Å². The Morgan fingerprint density at radius 3 is 2.83 bits per heavy atom. The average Bonchev–Trinajstić information content (AvgIpc) is 3.47. The zero-order valence-electron chi connectivity index (χ0n) is 21.2. The van der Waals surface area contributed by atoms with Crippen molar-refractivity contribution >= 4 is 57.7 Å². The Morgan fingerprint density at radius 1 is 1.38 bits per heavy atom. The molecule has 1 aliphatic heterocycles. The zero-order chi connectivity index (χ0) is 28.9. The summed E-state index contributed by atoms with van der Waals surface area (Å²) in [5.41, 5.74) is 9.52. The lowest BCUT2D eigenvalue weighted by Crippen LogP contribution is -2.28. The summed E-state index contributed by atoms with van der Waals surface area (Å²) in [5.74, 6) is -1.65. The van der Waals surface area contributed by atoms with Crippen LogP contribution >= 0.6 is 23.1 Å². The minimum Gasteiger partial charge on any atom is -0.398 e. The maximum absolute atomic E-state index is 14.5. The average molecular weight is 594 g/mol. The van der Waals surface area contributed by atoms with Crippen LogP contribution in [0.15, 0.2) is 54.1 Å². The number of aliphatic imine (C=N–C) groups is 1. The number of nitrogens with zero attached hydrogens (tertiary/aromatic N) is 2. The van der Waals surface area contributed by atoms with E-state index in [2.05, 4.69) is 33.2 Å². The molecule has 4 atom stereocenters. The van der Waals surface area contributed by atoms with Crippen LogP contribution in [0.2, 0.25) is 0 Å². The van der Waals surface area contributed by atoms with Crippen molar-refractivity contribution in [1.29, 1.82) is 0 Å². The predicted octanol–water partition coefficient (Wildman–Crippen LogP) is 7.87. The van der Waals surface area contributed by atoms with Gasteiger partial charge < -0.3 is 16.4 Å². The number of fused-ring (bicyclic) bond motifs is 2. The fourth-order valence-electron chi connectivity index (χ4n) is 5.31. The van der Waals surface area contributed by atoms with Crippen molar-refractivity contribution < 1.29 is 22.0 Å². The van der Waals surface area contributed by atoms with Crippen LogP contribution in [0.1, 0.15) is 57.9 Å². The Balaban J connectivity index is 1.65. The summed E-state index contributed by atoms with van der Waals surface area (Å²) < 4.78 is 74.1. The molecular formula is C28H25ClF5N5S. The third kappa shape index (κ3) is 4.96. The smallest absolute Gasteiger partial charge is 0.244 e. The highest BCUT2D eigenvalue weighted by Gasteiger charge is 2.39. The normalized spacial score (nSPS) is 23.9. The lowest BCUT2D eigenvalue weighted by Gasteiger charge is -2.28. The van der Waals surface area contributed by atoms with Crippen LogP contribution in [-0.4, -0.2) is 28.9 Å². The monoisotopic (exact) mass is 593 g/mol. The largest absolute Gasteiger partial charge is 0.398 e. The molecule has 0 radical (unpaired) electrons. The molecule has 0 saturated heterocycles. The number of rotatable bonds is 7. The SMILES string of the molecule is C=C(Nc1cc(C(CC(F)F)=NC)c(N)c2c1C(C1C=C(F)C=CC1Cl)NC2=C)c1nsc2c1C=C(F)CC2F. The molecular weight excluding hydrogens is 569 g/mol. The van der Waals surface area contributed by atoms with Crippen molar-refractivity contribution in [3.05, 3.63) is 81.9 Å². The molecule has 4 unspecified atom stereocenters. The number of nitrogens with one attached hydrogen (secondary N) is 2. The molecule has 5 nitrogen and oxygen atoms in total. The standard InChI is InChI=1S/C28H25ClF5N5S/c1-11-23-24(27(38-11)15-6-13(30)4-5-18(15)29)21(9-16(25(23)35)20(36-3)10-22(33)34)37-12(2)26-17-7-14(31)8-19(32)28(17)40-39-26/h4-7,9,15,18-19,22,27,37-38H,1-2,8,10,35H2,3H3. The molecule has 1 aromatic carbocycles. The number of nitrogens with two attached hydrogens (primary N) is 1. The van der Waals surface area contributed by atoms with E-state index in [0.29, 0.717) is 22.5 Å². The topological polar surface area (TPSA) is 75.3 Å². The van der Waals surface area contributed by atoms with Gasteiger partial charge in [-0.05, 0) is 35.8 Å². The van der Waals surface area contributed by atoms with E-state index in [1.807, 2.05) is 0 Å². The number of aromatic nitrogens is 1. The first-order chi connectivity index (χ1) is 19.0. The van der Waals surface area contributed by atoms with Gasteiger partial charge in [-0.1, -0.05) is 19.2 Å². The van der Waals surface area contributed by atoms with Gasteiger partial charge in [0.05, 0.1) is 34.1 Å². The summed E-state index contributed by atoms with van der Waals surface area (Å²) in [5, 5.41) is 5.81. The highest BCUT2D eigenvalue weighted by molar-refractivity contribution is 7.06. The second-order valence-corrected chi connectivity index (χ2v) is 11.0. The van der Waals surface area contributed by atoms with E-state index in [-0.39, 0.29) is 45.2 Å². The highest BCUT2D eigenvalue weighted by atomic mass is 35.5. The summed E-state index contributed by atoms with van der Waals surface area (Å²) in [4.78, 5) is 4.34. The summed E-state index contributed by atoms with van der Waals surface area (Å²) in [6.07, 6.45) is 0.229. The maximum Gasteiger partial charge on any atom is 0.244 e. The molecule has 0 amide bonds. The third-order valence-corrected chi connectivity index (χ3v) is 8.49. The molecule has 210 valence electrons. The molecule has 1 aromatic heterocycles. The van der Waals surface area contributed by atoms with Crippen molar-refractivity contribution in [2.24, 2.45) is 10.9 Å². The highest BCUT2D eigenvalue weighted by Crippen LogP contribution is 2.49. The molecule has 4 N–H and O–H groups in total. The predicted molar refractivity (Wildman–Crippen MR) is 153 cm³/mol. The molecule has 2 aliphatic carbocycles. The quantitative estimate of drug-likeness (QED) is 0.132.